The number of nitrogens with zero attached hydrogens (tertiary/aromatic N) is 3. The molecule has 2 fully saturated rings. The second kappa shape index (κ2) is 11.1. The van der Waals surface area contributed by atoms with E-state index in [0.29, 0.717) is 36.1 Å². The van der Waals surface area contributed by atoms with Crippen molar-refractivity contribution in [1.29, 1.82) is 0 Å². The zero-order chi connectivity index (χ0) is 29.6. The summed E-state index contributed by atoms with van der Waals surface area (Å²) >= 11 is 0. The summed E-state index contributed by atoms with van der Waals surface area (Å²) in [5.41, 5.74) is 7.66. The lowest BCUT2D eigenvalue weighted by Crippen LogP contribution is -2.51. The number of aryl methyl sites for hydroxylation is 1. The summed E-state index contributed by atoms with van der Waals surface area (Å²) < 4.78 is 40.7. The molecule has 1 unspecified atom stereocenters. The average molecular weight is 575 g/mol. The van der Waals surface area contributed by atoms with E-state index in [-0.39, 0.29) is 23.8 Å². The number of nitrogens with one attached hydrogen (secondary N) is 2. The van der Waals surface area contributed by atoms with Crippen molar-refractivity contribution in [2.75, 3.05) is 12.4 Å². The van der Waals surface area contributed by atoms with E-state index in [4.69, 9.17) is 5.73 Å². The van der Waals surface area contributed by atoms with Crippen molar-refractivity contribution in [3.8, 4) is 0 Å². The third kappa shape index (κ3) is 6.12. The molecule has 3 amide bonds. The summed E-state index contributed by atoms with van der Waals surface area (Å²) in [6.07, 6.45) is 1.89. The molecule has 3 aliphatic rings. The van der Waals surface area contributed by atoms with E-state index in [2.05, 4.69) is 15.7 Å². The van der Waals surface area contributed by atoms with Crippen molar-refractivity contribution in [1.82, 2.24) is 20.0 Å². The van der Waals surface area contributed by atoms with Gasteiger partial charge in [-0.1, -0.05) is 6.07 Å². The molecule has 1 aromatic heterocycles. The van der Waals surface area contributed by atoms with Crippen LogP contribution < -0.4 is 16.4 Å². The first-order chi connectivity index (χ1) is 19.4. The summed E-state index contributed by atoms with van der Waals surface area (Å²) in [5.74, 6) is -0.988. The standard InChI is InChI=1S/C29H37F3N6O3/c1-15(2)38-22(12-13-34-38)26(39)36-24(23(16-4-5-16)17-6-7-17)27(40)35-19-9-10-20-18(14-19)8-11-21(20)37(3)28(41)25(33)29(30,31)32/h9-10,12-17,21,23-25H,4-8,11,33H2,1-3H3,(H,35,40)(H,36,39)/t21-,24+,25?/m1/s1. The summed E-state index contributed by atoms with van der Waals surface area (Å²) in [7, 11) is 1.33. The fraction of sp³-hybridized carbons (Fsp3) is 0.586. The second-order valence-corrected chi connectivity index (χ2v) is 11.9. The van der Waals surface area contributed by atoms with Crippen molar-refractivity contribution in [3.63, 3.8) is 0 Å². The topological polar surface area (TPSA) is 122 Å². The predicted octanol–water partition coefficient (Wildman–Crippen LogP) is 3.97. The average Bonchev–Trinajstić information content (AvgIpc) is 3.84. The van der Waals surface area contributed by atoms with Gasteiger partial charge in [0.25, 0.3) is 5.91 Å². The SMILES string of the molecule is CC(C)n1nccc1C(=O)N[C@H](C(=O)Nc1ccc2c(c1)CC[C@H]2N(C)C(=O)C(N)C(F)(F)F)C(C1CC1)C1CC1. The number of hydrogen-bond acceptors (Lipinski definition) is 5. The Hall–Kier alpha value is -3.41. The molecule has 5 rings (SSSR count). The Morgan fingerprint density at radius 2 is 1.73 bits per heavy atom. The smallest absolute Gasteiger partial charge is 0.339 e. The van der Waals surface area contributed by atoms with E-state index in [9.17, 15) is 27.6 Å². The number of hydrogen-bond donors (Lipinski definition) is 3. The van der Waals surface area contributed by atoms with E-state index in [1.165, 1.54) is 7.05 Å². The molecule has 3 atom stereocenters. The fourth-order valence-corrected chi connectivity index (χ4v) is 6.16. The van der Waals surface area contributed by atoms with Crippen LogP contribution in [0.4, 0.5) is 18.9 Å². The van der Waals surface area contributed by atoms with Gasteiger partial charge in [-0.3, -0.25) is 19.1 Å². The zero-order valence-corrected chi connectivity index (χ0v) is 23.4. The number of aromatic nitrogens is 2. The van der Waals surface area contributed by atoms with Gasteiger partial charge in [0.05, 0.1) is 6.04 Å². The largest absolute Gasteiger partial charge is 0.412 e. The molecule has 9 nitrogen and oxygen atoms in total. The van der Waals surface area contributed by atoms with E-state index in [1.807, 2.05) is 13.8 Å². The van der Waals surface area contributed by atoms with E-state index in [0.717, 1.165) is 41.7 Å². The van der Waals surface area contributed by atoms with Crippen molar-refractivity contribution < 1.29 is 27.6 Å². The zero-order valence-electron chi connectivity index (χ0n) is 23.4. The van der Waals surface area contributed by atoms with Crippen molar-refractivity contribution >= 4 is 23.4 Å². The summed E-state index contributed by atoms with van der Waals surface area (Å²) in [5, 5.41) is 10.3. The molecule has 1 aromatic carbocycles. The number of benzene rings is 1. The molecule has 3 aliphatic carbocycles. The Bertz CT molecular complexity index is 1310. The van der Waals surface area contributed by atoms with E-state index < -0.39 is 30.2 Å². The minimum absolute atomic E-state index is 0.0190. The lowest BCUT2D eigenvalue weighted by Gasteiger charge is -2.29. The molecular weight excluding hydrogens is 537 g/mol. The first-order valence-corrected chi connectivity index (χ1v) is 14.2. The van der Waals surface area contributed by atoms with Crippen molar-refractivity contribution in [3.05, 3.63) is 47.3 Å². The van der Waals surface area contributed by atoms with Crippen LogP contribution in [0, 0.1) is 17.8 Å². The molecule has 0 radical (unpaired) electrons. The number of rotatable bonds is 10. The second-order valence-electron chi connectivity index (χ2n) is 11.9. The number of halogens is 3. The normalized spacial score (nSPS) is 20.1. The highest BCUT2D eigenvalue weighted by atomic mass is 19.4. The number of carbonyl (C=O) groups is 3. The molecule has 0 aliphatic heterocycles. The van der Waals surface area contributed by atoms with Crippen LogP contribution in [0.1, 0.15) is 79.7 Å². The third-order valence-corrected chi connectivity index (χ3v) is 8.57. The summed E-state index contributed by atoms with van der Waals surface area (Å²) in [6, 6.07) is 3.02. The first kappa shape index (κ1) is 29.1. The van der Waals surface area contributed by atoms with Crippen LogP contribution in [0.5, 0.6) is 0 Å². The number of nitrogens with two attached hydrogens (primary N) is 1. The van der Waals surface area contributed by atoms with Crippen LogP contribution in [-0.2, 0) is 16.0 Å². The number of likely N-dealkylation sites (N-methyl/N-ethyl adjacent to an activating group) is 1. The highest BCUT2D eigenvalue weighted by Crippen LogP contribution is 2.51. The Kier molecular flexibility index (Phi) is 7.88. The molecule has 12 heteroatoms. The lowest BCUT2D eigenvalue weighted by molar-refractivity contribution is -0.170. The van der Waals surface area contributed by atoms with Gasteiger partial charge >= 0.3 is 6.18 Å². The Morgan fingerprint density at radius 1 is 1.07 bits per heavy atom. The van der Waals surface area contributed by atoms with Crippen LogP contribution in [0.3, 0.4) is 0 Å². The van der Waals surface area contributed by atoms with Crippen LogP contribution >= 0.6 is 0 Å². The highest BCUT2D eigenvalue weighted by Gasteiger charge is 2.49. The number of alkyl halides is 3. The quantitative estimate of drug-likeness (QED) is 0.396. The number of anilines is 1. The molecule has 1 heterocycles. The molecule has 222 valence electrons. The third-order valence-electron chi connectivity index (χ3n) is 8.57. The van der Waals surface area contributed by atoms with Gasteiger partial charge in [-0.25, -0.2) is 0 Å². The number of amides is 3. The van der Waals surface area contributed by atoms with Gasteiger partial charge in [0.2, 0.25) is 11.8 Å². The minimum Gasteiger partial charge on any atom is -0.339 e. The number of fused-ring (bicyclic) bond motifs is 1. The maximum Gasteiger partial charge on any atom is 0.412 e. The van der Waals surface area contributed by atoms with Crippen LogP contribution in [-0.4, -0.2) is 57.7 Å². The van der Waals surface area contributed by atoms with Gasteiger partial charge in [0, 0.05) is 25.0 Å². The van der Waals surface area contributed by atoms with Crippen LogP contribution in [0.25, 0.3) is 0 Å². The molecule has 0 saturated heterocycles. The molecule has 4 N–H and O–H groups in total. The highest BCUT2D eigenvalue weighted by molar-refractivity contribution is 6.01. The van der Waals surface area contributed by atoms with Crippen molar-refractivity contribution in [2.45, 2.75) is 82.7 Å². The maximum absolute atomic E-state index is 13.8. The van der Waals surface area contributed by atoms with Crippen LogP contribution in [0.2, 0.25) is 0 Å². The maximum atomic E-state index is 13.8. The van der Waals surface area contributed by atoms with Gasteiger partial charge in [0.15, 0.2) is 6.04 Å². The Morgan fingerprint density at radius 3 is 2.32 bits per heavy atom. The Balaban J connectivity index is 1.33. The van der Waals surface area contributed by atoms with Gasteiger partial charge in [-0.15, -0.1) is 0 Å². The molecule has 0 bridgehead atoms. The predicted molar refractivity (Wildman–Crippen MR) is 146 cm³/mol. The van der Waals surface area contributed by atoms with Gasteiger partial charge < -0.3 is 21.3 Å². The van der Waals surface area contributed by atoms with Gasteiger partial charge in [-0.05, 0) is 99.5 Å². The van der Waals surface area contributed by atoms with E-state index in [1.54, 1.807) is 35.1 Å². The lowest BCUT2D eigenvalue weighted by atomic mass is 9.88. The molecule has 41 heavy (non-hydrogen) atoms. The first-order valence-electron chi connectivity index (χ1n) is 14.2. The van der Waals surface area contributed by atoms with Crippen LogP contribution in [0.15, 0.2) is 30.5 Å². The molecular formula is C29H37F3N6O3. The molecule has 2 aromatic rings. The van der Waals surface area contributed by atoms with Gasteiger partial charge in [0.1, 0.15) is 11.7 Å². The number of carbonyl (C=O) groups excluding carboxylic acids is 3. The van der Waals surface area contributed by atoms with Gasteiger partial charge in [-0.2, -0.15) is 18.3 Å². The Labute approximate surface area is 237 Å². The van der Waals surface area contributed by atoms with Crippen molar-refractivity contribution in [2.24, 2.45) is 23.5 Å². The summed E-state index contributed by atoms with van der Waals surface area (Å²) in [4.78, 5) is 40.5. The minimum atomic E-state index is -4.82. The monoisotopic (exact) mass is 574 g/mol. The fourth-order valence-electron chi connectivity index (χ4n) is 6.16. The molecule has 0 spiro atoms. The van der Waals surface area contributed by atoms with E-state index >= 15 is 0 Å². The summed E-state index contributed by atoms with van der Waals surface area (Å²) in [6.45, 7) is 3.86. The molecule has 2 saturated carbocycles.